The third-order valence-electron chi connectivity index (χ3n) is 4.58. The number of carbonyl (C=O) groups is 1. The Labute approximate surface area is 158 Å². The van der Waals surface area contributed by atoms with E-state index >= 15 is 0 Å². The molecular formula is C19H25FN6O. The number of urea groups is 1. The van der Waals surface area contributed by atoms with Crippen molar-refractivity contribution in [2.45, 2.75) is 13.3 Å². The van der Waals surface area contributed by atoms with Gasteiger partial charge in [-0.05, 0) is 49.7 Å². The van der Waals surface area contributed by atoms with Gasteiger partial charge in [0.15, 0.2) is 0 Å². The summed E-state index contributed by atoms with van der Waals surface area (Å²) in [7, 11) is 0. The molecule has 7 nitrogen and oxygen atoms in total. The molecule has 2 heterocycles. The van der Waals surface area contributed by atoms with E-state index in [1.54, 1.807) is 25.4 Å². The lowest BCUT2D eigenvalue weighted by Crippen LogP contribution is -2.47. The number of aryl methyl sites for hydroxylation is 1. The van der Waals surface area contributed by atoms with Gasteiger partial charge in [0.25, 0.3) is 0 Å². The van der Waals surface area contributed by atoms with Crippen molar-refractivity contribution in [3.8, 4) is 0 Å². The van der Waals surface area contributed by atoms with Gasteiger partial charge in [0, 0.05) is 50.8 Å². The maximum absolute atomic E-state index is 13.1. The molecule has 1 aromatic carbocycles. The number of hydrogen-bond acceptors (Lipinski definition) is 5. The van der Waals surface area contributed by atoms with Gasteiger partial charge in [-0.25, -0.2) is 19.2 Å². The van der Waals surface area contributed by atoms with Crippen LogP contribution in [-0.4, -0.2) is 60.2 Å². The van der Waals surface area contributed by atoms with Gasteiger partial charge in [0.05, 0.1) is 0 Å². The average Bonchev–Trinajstić information content (AvgIpc) is 2.69. The van der Waals surface area contributed by atoms with Crippen LogP contribution in [0.4, 0.5) is 20.8 Å². The zero-order valence-electron chi connectivity index (χ0n) is 15.5. The molecule has 0 bridgehead atoms. The van der Waals surface area contributed by atoms with Crippen molar-refractivity contribution in [3.05, 3.63) is 48.0 Å². The lowest BCUT2D eigenvalue weighted by molar-refractivity contribution is 0.244. The molecule has 0 aliphatic carbocycles. The van der Waals surface area contributed by atoms with Crippen LogP contribution in [0, 0.1) is 12.7 Å². The fourth-order valence-corrected chi connectivity index (χ4v) is 3.06. The fourth-order valence-electron chi connectivity index (χ4n) is 3.06. The van der Waals surface area contributed by atoms with Gasteiger partial charge in [-0.2, -0.15) is 0 Å². The highest BCUT2D eigenvalue weighted by Gasteiger charge is 2.18. The summed E-state index contributed by atoms with van der Waals surface area (Å²) in [6.45, 7) is 7.01. The van der Waals surface area contributed by atoms with Crippen molar-refractivity contribution >= 4 is 17.7 Å². The summed E-state index contributed by atoms with van der Waals surface area (Å²) < 4.78 is 13.1. The molecule has 0 atom stereocenters. The van der Waals surface area contributed by atoms with Crippen LogP contribution in [0.3, 0.4) is 0 Å². The van der Waals surface area contributed by atoms with Gasteiger partial charge in [0.1, 0.15) is 5.82 Å². The third kappa shape index (κ3) is 5.62. The second kappa shape index (κ2) is 9.27. The van der Waals surface area contributed by atoms with Crippen molar-refractivity contribution < 1.29 is 9.18 Å². The Hall–Kier alpha value is -2.74. The van der Waals surface area contributed by atoms with Crippen molar-refractivity contribution in [1.82, 2.24) is 20.2 Å². The van der Waals surface area contributed by atoms with Crippen LogP contribution in [-0.2, 0) is 0 Å². The molecule has 1 aliphatic rings. The summed E-state index contributed by atoms with van der Waals surface area (Å²) in [5.74, 6) is 0.476. The first-order valence-electron chi connectivity index (χ1n) is 9.17. The zero-order valence-corrected chi connectivity index (χ0v) is 15.5. The van der Waals surface area contributed by atoms with Gasteiger partial charge in [-0.15, -0.1) is 0 Å². The molecule has 0 saturated carbocycles. The number of benzene rings is 1. The number of carbonyl (C=O) groups excluding carboxylic acids is 1. The highest BCUT2D eigenvalue weighted by Crippen LogP contribution is 2.15. The molecule has 3 rings (SSSR count). The quantitative estimate of drug-likeness (QED) is 0.761. The summed E-state index contributed by atoms with van der Waals surface area (Å²) >= 11 is 0. The molecule has 1 saturated heterocycles. The van der Waals surface area contributed by atoms with Crippen LogP contribution in [0.5, 0.6) is 0 Å². The minimum atomic E-state index is -0.308. The van der Waals surface area contributed by atoms with Crippen molar-refractivity contribution in [1.29, 1.82) is 0 Å². The van der Waals surface area contributed by atoms with E-state index in [4.69, 9.17) is 0 Å². The highest BCUT2D eigenvalue weighted by atomic mass is 19.1. The Balaban J connectivity index is 1.32. The Morgan fingerprint density at radius 1 is 1.19 bits per heavy atom. The molecule has 8 heteroatoms. The number of amides is 2. The zero-order chi connectivity index (χ0) is 19.1. The monoisotopic (exact) mass is 372 g/mol. The molecule has 1 fully saturated rings. The van der Waals surface area contributed by atoms with Gasteiger partial charge >= 0.3 is 6.03 Å². The number of anilines is 2. The molecular weight excluding hydrogens is 347 g/mol. The van der Waals surface area contributed by atoms with E-state index in [-0.39, 0.29) is 11.8 Å². The molecule has 27 heavy (non-hydrogen) atoms. The number of nitrogens with zero attached hydrogens (tertiary/aromatic N) is 4. The number of piperazine rings is 1. The van der Waals surface area contributed by atoms with E-state index in [9.17, 15) is 9.18 Å². The molecule has 2 amide bonds. The summed E-state index contributed by atoms with van der Waals surface area (Å²) in [6, 6.07) is 5.86. The standard InChI is InChI=1S/C19H25FN6O/c1-15-14-16(20)4-5-17(15)24-19(27)23-8-3-9-25-10-12-26(13-11-25)18-21-6-2-7-22-18/h2,4-7,14H,3,8-13H2,1H3,(H2,23,24,27). The maximum Gasteiger partial charge on any atom is 0.319 e. The van der Waals surface area contributed by atoms with E-state index in [1.165, 1.54) is 12.1 Å². The van der Waals surface area contributed by atoms with Crippen molar-refractivity contribution in [3.63, 3.8) is 0 Å². The molecule has 144 valence electrons. The summed E-state index contributed by atoms with van der Waals surface area (Å²) in [5, 5.41) is 5.60. The number of aromatic nitrogens is 2. The first-order chi connectivity index (χ1) is 13.1. The van der Waals surface area contributed by atoms with Gasteiger partial charge in [0.2, 0.25) is 5.95 Å². The Bertz CT molecular complexity index is 749. The molecule has 1 aliphatic heterocycles. The van der Waals surface area contributed by atoms with Crippen molar-refractivity contribution in [2.24, 2.45) is 0 Å². The first-order valence-corrected chi connectivity index (χ1v) is 9.17. The van der Waals surface area contributed by atoms with E-state index in [2.05, 4.69) is 30.4 Å². The van der Waals surface area contributed by atoms with Crippen LogP contribution >= 0.6 is 0 Å². The lowest BCUT2D eigenvalue weighted by atomic mass is 10.2. The number of nitrogens with one attached hydrogen (secondary N) is 2. The minimum absolute atomic E-state index is 0.268. The fraction of sp³-hybridized carbons (Fsp3) is 0.421. The largest absolute Gasteiger partial charge is 0.338 e. The van der Waals surface area contributed by atoms with E-state index in [0.29, 0.717) is 17.8 Å². The van der Waals surface area contributed by atoms with Crippen LogP contribution in [0.1, 0.15) is 12.0 Å². The molecule has 0 radical (unpaired) electrons. The van der Waals surface area contributed by atoms with Crippen molar-refractivity contribution in [2.75, 3.05) is 49.5 Å². The Morgan fingerprint density at radius 3 is 2.63 bits per heavy atom. The average molecular weight is 372 g/mol. The molecule has 2 N–H and O–H groups in total. The highest BCUT2D eigenvalue weighted by molar-refractivity contribution is 5.89. The van der Waals surface area contributed by atoms with E-state index < -0.39 is 0 Å². The first kappa shape index (κ1) is 19.0. The Morgan fingerprint density at radius 2 is 1.93 bits per heavy atom. The summed E-state index contributed by atoms with van der Waals surface area (Å²) in [4.78, 5) is 25.1. The SMILES string of the molecule is Cc1cc(F)ccc1NC(=O)NCCCN1CCN(c2ncccn2)CC1. The predicted octanol–water partition coefficient (Wildman–Crippen LogP) is 2.26. The van der Waals surface area contributed by atoms with Gasteiger partial charge in [-0.1, -0.05) is 0 Å². The summed E-state index contributed by atoms with van der Waals surface area (Å²) in [6.07, 6.45) is 4.40. The Kier molecular flexibility index (Phi) is 6.54. The van der Waals surface area contributed by atoms with Crippen LogP contribution in [0.15, 0.2) is 36.7 Å². The maximum atomic E-state index is 13.1. The minimum Gasteiger partial charge on any atom is -0.338 e. The van der Waals surface area contributed by atoms with Crippen LogP contribution in [0.25, 0.3) is 0 Å². The normalized spacial score (nSPS) is 14.8. The number of rotatable bonds is 6. The van der Waals surface area contributed by atoms with Gasteiger partial charge in [-0.3, -0.25) is 4.90 Å². The molecule has 1 aromatic heterocycles. The van der Waals surface area contributed by atoms with Gasteiger partial charge < -0.3 is 15.5 Å². The topological polar surface area (TPSA) is 73.4 Å². The third-order valence-corrected chi connectivity index (χ3v) is 4.58. The predicted molar refractivity (Wildman–Crippen MR) is 103 cm³/mol. The second-order valence-corrected chi connectivity index (χ2v) is 6.57. The van der Waals surface area contributed by atoms with Crippen LogP contribution < -0.4 is 15.5 Å². The molecule has 0 spiro atoms. The lowest BCUT2D eigenvalue weighted by Gasteiger charge is -2.34. The van der Waals surface area contributed by atoms with E-state index in [0.717, 1.165) is 45.1 Å². The smallest absolute Gasteiger partial charge is 0.319 e. The number of hydrogen-bond donors (Lipinski definition) is 2. The number of halogens is 1. The van der Waals surface area contributed by atoms with E-state index in [1.807, 2.05) is 6.07 Å². The van der Waals surface area contributed by atoms with Crippen LogP contribution in [0.2, 0.25) is 0 Å². The molecule has 0 unspecified atom stereocenters. The molecule has 2 aromatic rings. The second-order valence-electron chi connectivity index (χ2n) is 6.57. The summed E-state index contributed by atoms with van der Waals surface area (Å²) in [5.41, 5.74) is 1.32.